The molecule has 17 heavy (non-hydrogen) atoms. The molecule has 1 aromatic heterocycles. The highest BCUT2D eigenvalue weighted by Gasteiger charge is 2.10. The molecule has 1 rings (SSSR count). The van der Waals surface area contributed by atoms with E-state index in [0.717, 1.165) is 19.1 Å². The quantitative estimate of drug-likeness (QED) is 0.536. The van der Waals surface area contributed by atoms with Gasteiger partial charge >= 0.3 is 10.1 Å². The topological polar surface area (TPSA) is 98.9 Å². The van der Waals surface area contributed by atoms with Crippen LogP contribution in [0, 0.1) is 0 Å². The number of hydrogen-bond acceptors (Lipinski definition) is 6. The van der Waals surface area contributed by atoms with E-state index in [4.69, 9.17) is 5.14 Å². The Labute approximate surface area is 105 Å². The number of rotatable bonds is 6. The second kappa shape index (κ2) is 6.72. The highest BCUT2D eigenvalue weighted by atomic mass is 32.2. The van der Waals surface area contributed by atoms with Crippen molar-refractivity contribution in [3.63, 3.8) is 0 Å². The van der Waals surface area contributed by atoms with Crippen molar-refractivity contribution in [2.24, 2.45) is 5.14 Å². The number of pyridine rings is 1. The van der Waals surface area contributed by atoms with Gasteiger partial charge in [0.15, 0.2) is 0 Å². The third-order valence-electron chi connectivity index (χ3n) is 1.87. The SMILES string of the molecule is COS(=O)(=O)C[NH2+]/C=C(\SN)c1ccccn1. The Morgan fingerprint density at radius 3 is 2.94 bits per heavy atom. The summed E-state index contributed by atoms with van der Waals surface area (Å²) in [7, 11) is -2.35. The maximum atomic E-state index is 11.1. The molecular weight excluding hydrogens is 262 g/mol. The summed E-state index contributed by atoms with van der Waals surface area (Å²) in [6.45, 7) is 0. The molecule has 0 atom stereocenters. The van der Waals surface area contributed by atoms with Crippen LogP contribution < -0.4 is 10.5 Å². The zero-order chi connectivity index (χ0) is 12.7. The van der Waals surface area contributed by atoms with Crippen molar-refractivity contribution in [2.75, 3.05) is 13.0 Å². The maximum Gasteiger partial charge on any atom is 0.318 e. The van der Waals surface area contributed by atoms with Crippen LogP contribution in [-0.2, 0) is 14.3 Å². The van der Waals surface area contributed by atoms with E-state index < -0.39 is 10.1 Å². The Kier molecular flexibility index (Phi) is 5.59. The van der Waals surface area contributed by atoms with Crippen LogP contribution in [0.3, 0.4) is 0 Å². The van der Waals surface area contributed by atoms with Gasteiger partial charge < -0.3 is 5.32 Å². The summed E-state index contributed by atoms with van der Waals surface area (Å²) in [5.41, 5.74) is 0.700. The second-order valence-electron chi connectivity index (χ2n) is 2.99. The van der Waals surface area contributed by atoms with E-state index in [1.54, 1.807) is 24.5 Å². The minimum Gasteiger partial charge on any atom is -0.304 e. The molecule has 0 radical (unpaired) electrons. The smallest absolute Gasteiger partial charge is 0.304 e. The first-order chi connectivity index (χ1) is 8.09. The molecule has 6 nitrogen and oxygen atoms in total. The molecule has 0 fully saturated rings. The minimum absolute atomic E-state index is 0.194. The van der Waals surface area contributed by atoms with Crippen molar-refractivity contribution >= 4 is 27.0 Å². The fourth-order valence-corrected chi connectivity index (χ4v) is 1.92. The fraction of sp³-hybridized carbons (Fsp3) is 0.222. The molecule has 1 aromatic rings. The number of quaternary nitrogens is 1. The minimum atomic E-state index is -3.48. The van der Waals surface area contributed by atoms with Crippen molar-refractivity contribution in [1.82, 2.24) is 4.98 Å². The normalized spacial score (nSPS) is 12.7. The predicted molar refractivity (Wildman–Crippen MR) is 66.7 cm³/mol. The van der Waals surface area contributed by atoms with Gasteiger partial charge in [0.25, 0.3) is 0 Å². The molecule has 94 valence electrons. The van der Waals surface area contributed by atoms with Crippen LogP contribution in [0.1, 0.15) is 5.69 Å². The van der Waals surface area contributed by atoms with Gasteiger partial charge in [-0.3, -0.25) is 14.3 Å². The van der Waals surface area contributed by atoms with Gasteiger partial charge in [-0.1, -0.05) is 6.07 Å². The van der Waals surface area contributed by atoms with Crippen LogP contribution in [0.25, 0.3) is 4.91 Å². The largest absolute Gasteiger partial charge is 0.318 e. The van der Waals surface area contributed by atoms with E-state index in [-0.39, 0.29) is 5.88 Å². The Morgan fingerprint density at radius 1 is 1.65 bits per heavy atom. The Hall–Kier alpha value is -0.930. The lowest BCUT2D eigenvalue weighted by atomic mass is 10.3. The first kappa shape index (κ1) is 14.1. The standard InChI is InChI=1S/C9H13N3O3S2/c1-15-17(13,14)7-11-6-9(16-10)8-4-2-3-5-12-8/h2-6,11H,7,10H2,1H3/p+1/b9-6-. The van der Waals surface area contributed by atoms with Gasteiger partial charge in [0.2, 0.25) is 5.88 Å². The second-order valence-corrected chi connectivity index (χ2v) is 5.45. The predicted octanol–water partition coefficient (Wildman–Crippen LogP) is -0.516. The summed E-state index contributed by atoms with van der Waals surface area (Å²) in [4.78, 5) is 4.81. The Bertz CT molecular complexity index is 474. The molecule has 0 amide bonds. The molecule has 0 bridgehead atoms. The van der Waals surface area contributed by atoms with Crippen molar-refractivity contribution in [3.8, 4) is 0 Å². The van der Waals surface area contributed by atoms with Crippen LogP contribution in [-0.4, -0.2) is 26.4 Å². The summed E-state index contributed by atoms with van der Waals surface area (Å²) >= 11 is 1.01. The molecule has 8 heteroatoms. The van der Waals surface area contributed by atoms with E-state index in [9.17, 15) is 8.42 Å². The lowest BCUT2D eigenvalue weighted by Crippen LogP contribution is -2.80. The Morgan fingerprint density at radius 2 is 2.41 bits per heavy atom. The molecule has 0 spiro atoms. The highest BCUT2D eigenvalue weighted by Crippen LogP contribution is 2.18. The molecule has 4 N–H and O–H groups in total. The van der Waals surface area contributed by atoms with Crippen molar-refractivity contribution < 1.29 is 17.9 Å². The first-order valence-electron chi connectivity index (χ1n) is 4.69. The van der Waals surface area contributed by atoms with Gasteiger partial charge in [0.1, 0.15) is 11.1 Å². The molecular formula is C9H14N3O3S2+. The highest BCUT2D eigenvalue weighted by molar-refractivity contribution is 8.06. The van der Waals surface area contributed by atoms with Crippen LogP contribution in [0.15, 0.2) is 30.6 Å². The van der Waals surface area contributed by atoms with Crippen LogP contribution >= 0.6 is 11.9 Å². The lowest BCUT2D eigenvalue weighted by molar-refractivity contribution is -0.568. The number of nitrogens with two attached hydrogens (primary N) is 2. The average Bonchev–Trinajstić information content (AvgIpc) is 2.36. The van der Waals surface area contributed by atoms with Gasteiger partial charge in [-0.25, -0.2) is 0 Å². The summed E-state index contributed by atoms with van der Waals surface area (Å²) in [6.07, 6.45) is 3.26. The van der Waals surface area contributed by atoms with Crippen molar-refractivity contribution in [3.05, 3.63) is 36.3 Å². The maximum absolute atomic E-state index is 11.1. The zero-order valence-corrected chi connectivity index (χ0v) is 10.9. The van der Waals surface area contributed by atoms with E-state index in [1.807, 2.05) is 6.07 Å². The summed E-state index contributed by atoms with van der Waals surface area (Å²) in [6, 6.07) is 5.42. The van der Waals surface area contributed by atoms with Crippen molar-refractivity contribution in [2.45, 2.75) is 0 Å². The molecule has 0 aromatic carbocycles. The van der Waals surface area contributed by atoms with E-state index in [2.05, 4.69) is 9.17 Å². The van der Waals surface area contributed by atoms with E-state index in [1.165, 1.54) is 5.32 Å². The van der Waals surface area contributed by atoms with Crippen molar-refractivity contribution in [1.29, 1.82) is 0 Å². The molecule has 0 unspecified atom stereocenters. The Balaban J connectivity index is 2.70. The summed E-state index contributed by atoms with van der Waals surface area (Å²) < 4.78 is 26.5. The monoisotopic (exact) mass is 276 g/mol. The molecule has 1 heterocycles. The zero-order valence-electron chi connectivity index (χ0n) is 9.24. The lowest BCUT2D eigenvalue weighted by Gasteiger charge is -2.01. The van der Waals surface area contributed by atoms with E-state index in [0.29, 0.717) is 10.6 Å². The van der Waals surface area contributed by atoms with Gasteiger partial charge in [0.05, 0.1) is 12.8 Å². The average molecular weight is 276 g/mol. The molecule has 0 saturated carbocycles. The molecule has 0 aliphatic carbocycles. The van der Waals surface area contributed by atoms with Gasteiger partial charge in [-0.2, -0.15) is 8.42 Å². The number of hydrogen-bond donors (Lipinski definition) is 2. The summed E-state index contributed by atoms with van der Waals surface area (Å²) in [5.74, 6) is -0.194. The molecule has 0 saturated heterocycles. The number of nitrogens with zero attached hydrogens (tertiary/aromatic N) is 1. The first-order valence-corrected chi connectivity index (χ1v) is 7.14. The van der Waals surface area contributed by atoms with Gasteiger partial charge in [-0.05, 0) is 24.1 Å². The number of aromatic nitrogens is 1. The third kappa shape index (κ3) is 4.84. The van der Waals surface area contributed by atoms with Crippen LogP contribution in [0.5, 0.6) is 0 Å². The third-order valence-corrected chi connectivity index (χ3v) is 3.58. The van der Waals surface area contributed by atoms with Gasteiger partial charge in [-0.15, -0.1) is 0 Å². The molecule has 0 aliphatic heterocycles. The molecule has 0 aliphatic rings. The van der Waals surface area contributed by atoms with E-state index >= 15 is 0 Å². The van der Waals surface area contributed by atoms with Crippen LogP contribution in [0.2, 0.25) is 0 Å². The fourth-order valence-electron chi connectivity index (χ4n) is 1.03. The van der Waals surface area contributed by atoms with Crippen LogP contribution in [0.4, 0.5) is 0 Å². The summed E-state index contributed by atoms with van der Waals surface area (Å²) in [5, 5.41) is 6.97. The van der Waals surface area contributed by atoms with Gasteiger partial charge in [0, 0.05) is 6.20 Å².